The normalized spacial score (nSPS) is 18.3. The molecule has 0 unspecified atom stereocenters. The summed E-state index contributed by atoms with van der Waals surface area (Å²) in [5.41, 5.74) is 3.69. The molecule has 0 N–H and O–H groups in total. The first kappa shape index (κ1) is 21.1. The van der Waals surface area contributed by atoms with Crippen molar-refractivity contribution in [1.29, 1.82) is 0 Å². The van der Waals surface area contributed by atoms with Gasteiger partial charge in [0.05, 0.1) is 23.7 Å². The predicted molar refractivity (Wildman–Crippen MR) is 121 cm³/mol. The number of imidazole rings is 1. The molecule has 0 bridgehead atoms. The van der Waals surface area contributed by atoms with E-state index in [0.717, 1.165) is 41.4 Å². The molecule has 162 valence electrons. The topological polar surface area (TPSA) is 64.4 Å². The number of rotatable bonds is 7. The van der Waals surface area contributed by atoms with Gasteiger partial charge in [-0.25, -0.2) is 4.98 Å². The maximum Gasteiger partial charge on any atom is 0.321 e. The molecule has 1 aliphatic rings. The minimum Gasteiger partial charge on any atom is -0.465 e. The number of fused-ring (bicyclic) bond motifs is 3. The summed E-state index contributed by atoms with van der Waals surface area (Å²) in [6, 6.07) is 15.3. The highest BCUT2D eigenvalue weighted by Crippen LogP contribution is 2.42. The van der Waals surface area contributed by atoms with Crippen molar-refractivity contribution in [1.82, 2.24) is 9.55 Å². The summed E-state index contributed by atoms with van der Waals surface area (Å²) < 4.78 is 7.46. The van der Waals surface area contributed by atoms with E-state index in [-0.39, 0.29) is 12.5 Å². The summed E-state index contributed by atoms with van der Waals surface area (Å²) in [4.78, 5) is 33.4. The number of amides is 1. The van der Waals surface area contributed by atoms with Crippen molar-refractivity contribution in [2.75, 3.05) is 18.1 Å². The molecule has 6 heteroatoms. The van der Waals surface area contributed by atoms with Crippen LogP contribution >= 0.6 is 0 Å². The highest BCUT2D eigenvalue weighted by molar-refractivity contribution is 6.08. The lowest BCUT2D eigenvalue weighted by Gasteiger charge is -2.38. The largest absolute Gasteiger partial charge is 0.465 e. The van der Waals surface area contributed by atoms with Gasteiger partial charge in [0.15, 0.2) is 5.92 Å². The third-order valence-corrected chi connectivity index (χ3v) is 5.98. The van der Waals surface area contributed by atoms with Crippen molar-refractivity contribution in [3.63, 3.8) is 0 Å². The number of anilines is 1. The van der Waals surface area contributed by atoms with Gasteiger partial charge in [-0.3, -0.25) is 14.5 Å². The molecule has 4 rings (SSSR count). The van der Waals surface area contributed by atoms with Crippen LogP contribution in [0, 0.1) is 12.8 Å². The van der Waals surface area contributed by atoms with Gasteiger partial charge in [-0.2, -0.15) is 0 Å². The van der Waals surface area contributed by atoms with Crippen molar-refractivity contribution in [3.8, 4) is 0 Å². The molecule has 2 heterocycles. The zero-order chi connectivity index (χ0) is 22.0. The van der Waals surface area contributed by atoms with Gasteiger partial charge in [-0.15, -0.1) is 0 Å². The highest BCUT2D eigenvalue weighted by atomic mass is 16.5. The molecule has 0 saturated heterocycles. The maximum atomic E-state index is 13.7. The zero-order valence-electron chi connectivity index (χ0n) is 18.4. The number of hydrogen-bond donors (Lipinski definition) is 0. The molecule has 1 amide bonds. The van der Waals surface area contributed by atoms with Gasteiger partial charge >= 0.3 is 5.97 Å². The van der Waals surface area contributed by atoms with Gasteiger partial charge in [0.25, 0.3) is 0 Å². The van der Waals surface area contributed by atoms with E-state index in [2.05, 4.69) is 11.5 Å². The summed E-state index contributed by atoms with van der Waals surface area (Å²) in [5.74, 6) is -1.06. The molecule has 0 fully saturated rings. The first-order valence-electron chi connectivity index (χ1n) is 11.1. The minimum absolute atomic E-state index is 0.231. The molecule has 2 aromatic carbocycles. The lowest BCUT2D eigenvalue weighted by Crippen LogP contribution is -2.50. The van der Waals surface area contributed by atoms with Crippen molar-refractivity contribution >= 4 is 28.9 Å². The molecule has 1 aliphatic heterocycles. The second kappa shape index (κ2) is 8.92. The lowest BCUT2D eigenvalue weighted by atomic mass is 9.87. The quantitative estimate of drug-likeness (QED) is 0.318. The van der Waals surface area contributed by atoms with Crippen molar-refractivity contribution in [2.24, 2.45) is 5.92 Å². The van der Waals surface area contributed by atoms with E-state index in [1.807, 2.05) is 55.5 Å². The Hall–Kier alpha value is -3.15. The molecular weight excluding hydrogens is 390 g/mol. The standard InChI is InChI=1S/C25H29N3O3/c1-4-6-11-16-27-23(29)21(24(30)31-5-2)22(18-13-8-7-12-17(18)3)28-20-15-10-9-14-19(20)26-25(27)28/h7-10,12-15,21-22H,4-6,11,16H2,1-3H3/t21-,22+/m1/s1. The van der Waals surface area contributed by atoms with E-state index in [1.165, 1.54) is 0 Å². The number of aryl methyl sites for hydroxylation is 1. The number of ether oxygens (including phenoxy) is 1. The number of carbonyl (C=O) groups excluding carboxylic acids is 2. The Kier molecular flexibility index (Phi) is 6.07. The lowest BCUT2D eigenvalue weighted by molar-refractivity contribution is -0.153. The third-order valence-electron chi connectivity index (χ3n) is 5.98. The molecular formula is C25H29N3O3. The van der Waals surface area contributed by atoms with E-state index in [4.69, 9.17) is 9.72 Å². The van der Waals surface area contributed by atoms with Crippen molar-refractivity contribution < 1.29 is 14.3 Å². The summed E-state index contributed by atoms with van der Waals surface area (Å²) in [6.45, 7) is 6.67. The predicted octanol–water partition coefficient (Wildman–Crippen LogP) is 4.65. The number of carbonyl (C=O) groups is 2. The number of unbranched alkanes of at least 4 members (excludes halogenated alkanes) is 2. The van der Waals surface area contributed by atoms with E-state index < -0.39 is 17.9 Å². The van der Waals surface area contributed by atoms with Gasteiger partial charge in [-0.1, -0.05) is 56.2 Å². The Morgan fingerprint density at radius 3 is 2.55 bits per heavy atom. The smallest absolute Gasteiger partial charge is 0.321 e. The first-order valence-corrected chi connectivity index (χ1v) is 11.1. The average Bonchev–Trinajstić information content (AvgIpc) is 3.14. The van der Waals surface area contributed by atoms with Gasteiger partial charge in [0.1, 0.15) is 0 Å². The fourth-order valence-electron chi connectivity index (χ4n) is 4.48. The van der Waals surface area contributed by atoms with E-state index in [0.29, 0.717) is 12.5 Å². The van der Waals surface area contributed by atoms with Crippen LogP contribution in [0.2, 0.25) is 0 Å². The third kappa shape index (κ3) is 3.71. The maximum absolute atomic E-state index is 13.7. The Labute approximate surface area is 182 Å². The van der Waals surface area contributed by atoms with E-state index >= 15 is 0 Å². The zero-order valence-corrected chi connectivity index (χ0v) is 18.4. The Balaban J connectivity index is 1.96. The van der Waals surface area contributed by atoms with Crippen LogP contribution in [0.5, 0.6) is 0 Å². The molecule has 3 aromatic rings. The van der Waals surface area contributed by atoms with E-state index in [9.17, 15) is 9.59 Å². The van der Waals surface area contributed by atoms with Crippen LogP contribution in [-0.4, -0.2) is 34.6 Å². The number of para-hydroxylation sites is 2. The first-order chi connectivity index (χ1) is 15.1. The van der Waals surface area contributed by atoms with Crippen LogP contribution in [0.25, 0.3) is 11.0 Å². The van der Waals surface area contributed by atoms with Crippen molar-refractivity contribution in [3.05, 3.63) is 59.7 Å². The van der Waals surface area contributed by atoms with Crippen LogP contribution in [0.3, 0.4) is 0 Å². The number of nitrogens with zero attached hydrogens (tertiary/aromatic N) is 3. The van der Waals surface area contributed by atoms with Crippen LogP contribution in [0.15, 0.2) is 48.5 Å². The van der Waals surface area contributed by atoms with Gasteiger partial charge < -0.3 is 9.30 Å². The summed E-state index contributed by atoms with van der Waals surface area (Å²) in [7, 11) is 0. The second-order valence-corrected chi connectivity index (χ2v) is 8.00. The Bertz CT molecular complexity index is 1100. The summed E-state index contributed by atoms with van der Waals surface area (Å²) >= 11 is 0. The summed E-state index contributed by atoms with van der Waals surface area (Å²) in [5, 5.41) is 0. The van der Waals surface area contributed by atoms with Gasteiger partial charge in [0.2, 0.25) is 11.9 Å². The Morgan fingerprint density at radius 1 is 1.06 bits per heavy atom. The summed E-state index contributed by atoms with van der Waals surface area (Å²) in [6.07, 6.45) is 2.91. The molecule has 31 heavy (non-hydrogen) atoms. The number of esters is 1. The molecule has 0 spiro atoms. The minimum atomic E-state index is -0.951. The highest BCUT2D eigenvalue weighted by Gasteiger charge is 2.48. The van der Waals surface area contributed by atoms with Crippen LogP contribution in [0.4, 0.5) is 5.95 Å². The molecule has 0 aliphatic carbocycles. The number of hydrogen-bond acceptors (Lipinski definition) is 4. The molecule has 1 aromatic heterocycles. The van der Waals surface area contributed by atoms with Gasteiger partial charge in [-0.05, 0) is 43.5 Å². The molecule has 2 atom stereocenters. The van der Waals surface area contributed by atoms with Gasteiger partial charge in [0, 0.05) is 6.54 Å². The Morgan fingerprint density at radius 2 is 1.81 bits per heavy atom. The molecule has 6 nitrogen and oxygen atoms in total. The van der Waals surface area contributed by atoms with Crippen molar-refractivity contribution in [2.45, 2.75) is 46.1 Å². The number of benzene rings is 2. The fourth-order valence-corrected chi connectivity index (χ4v) is 4.48. The fraction of sp³-hybridized carbons (Fsp3) is 0.400. The second-order valence-electron chi connectivity index (χ2n) is 8.00. The SMILES string of the molecule is CCCCCN1C(=O)[C@H](C(=O)OCC)[C@H](c2ccccc2C)n2c1nc1ccccc12. The average molecular weight is 420 g/mol. The van der Waals surface area contributed by atoms with Crippen LogP contribution in [-0.2, 0) is 14.3 Å². The van der Waals surface area contributed by atoms with Crippen LogP contribution < -0.4 is 4.90 Å². The molecule has 0 radical (unpaired) electrons. The monoisotopic (exact) mass is 419 g/mol. The van der Waals surface area contributed by atoms with E-state index in [1.54, 1.807) is 11.8 Å². The van der Waals surface area contributed by atoms with Crippen LogP contribution in [0.1, 0.15) is 50.3 Å². The number of aromatic nitrogens is 2. The molecule has 0 saturated carbocycles.